The third-order valence-electron chi connectivity index (χ3n) is 3.22. The average molecular weight is 350 g/mol. The Morgan fingerprint density at radius 3 is 2.62 bits per heavy atom. The minimum atomic E-state index is 0.107. The monoisotopic (exact) mass is 349 g/mol. The molecule has 0 aliphatic carbocycles. The summed E-state index contributed by atoms with van der Waals surface area (Å²) in [6, 6.07) is 14.1. The van der Waals surface area contributed by atoms with Gasteiger partial charge in [-0.25, -0.2) is 0 Å². The second-order valence-corrected chi connectivity index (χ2v) is 5.60. The zero-order valence-corrected chi connectivity index (χ0v) is 14.1. The summed E-state index contributed by atoms with van der Waals surface area (Å²) < 4.78 is 12.1. The molecule has 3 nitrogen and oxygen atoms in total. The Morgan fingerprint density at radius 2 is 1.90 bits per heavy atom. The van der Waals surface area contributed by atoms with Gasteiger partial charge in [-0.05, 0) is 38.1 Å². The summed E-state index contributed by atoms with van der Waals surface area (Å²) in [4.78, 5) is 0. The van der Waals surface area contributed by atoms with E-state index in [1.54, 1.807) is 7.11 Å². The molecule has 1 N–H and O–H groups in total. The number of hydrogen-bond donors (Lipinski definition) is 1. The Hall–Kier alpha value is -1.68. The van der Waals surface area contributed by atoms with Gasteiger partial charge in [-0.2, -0.15) is 0 Å². The van der Waals surface area contributed by atoms with Gasteiger partial charge in [0.25, 0.3) is 0 Å². The first-order valence-electron chi connectivity index (χ1n) is 6.97. The maximum absolute atomic E-state index is 5.70. The number of anilines is 1. The topological polar surface area (TPSA) is 30.5 Å². The maximum Gasteiger partial charge on any atom is 0.142 e. The van der Waals surface area contributed by atoms with E-state index in [0.717, 1.165) is 27.2 Å². The number of hydrogen-bond acceptors (Lipinski definition) is 3. The van der Waals surface area contributed by atoms with E-state index in [1.165, 1.54) is 0 Å². The Kier molecular flexibility index (Phi) is 5.51. The molecule has 1 unspecified atom stereocenters. The summed E-state index contributed by atoms with van der Waals surface area (Å²) >= 11 is 3.49. The fourth-order valence-electron chi connectivity index (χ4n) is 2.23. The Morgan fingerprint density at radius 1 is 1.14 bits per heavy atom. The lowest BCUT2D eigenvalue weighted by Gasteiger charge is -2.20. The van der Waals surface area contributed by atoms with E-state index in [4.69, 9.17) is 9.47 Å². The number of nitrogens with one attached hydrogen (secondary N) is 1. The van der Waals surface area contributed by atoms with Crippen molar-refractivity contribution in [1.82, 2.24) is 0 Å². The van der Waals surface area contributed by atoms with E-state index in [-0.39, 0.29) is 6.04 Å². The van der Waals surface area contributed by atoms with Crippen molar-refractivity contribution in [2.75, 3.05) is 19.0 Å². The van der Waals surface area contributed by atoms with Crippen molar-refractivity contribution < 1.29 is 9.47 Å². The largest absolute Gasteiger partial charge is 0.495 e. The molecule has 2 aromatic rings. The van der Waals surface area contributed by atoms with Crippen molar-refractivity contribution >= 4 is 21.6 Å². The first-order valence-corrected chi connectivity index (χ1v) is 7.76. The molecule has 2 aromatic carbocycles. The molecule has 0 aliphatic rings. The molecule has 0 saturated carbocycles. The van der Waals surface area contributed by atoms with Crippen LogP contribution in [-0.4, -0.2) is 13.7 Å². The molecular formula is C17H20BrNO2. The number of ether oxygens (including phenoxy) is 2. The molecule has 0 fully saturated rings. The standard InChI is InChI=1S/C17H20BrNO2/c1-4-21-16-8-6-5-7-14(16)12(2)19-15-11-13(18)9-10-17(15)20-3/h5-12,19H,4H2,1-3H3. The SMILES string of the molecule is CCOc1ccccc1C(C)Nc1cc(Br)ccc1OC. The van der Waals surface area contributed by atoms with Crippen LogP contribution in [-0.2, 0) is 0 Å². The van der Waals surface area contributed by atoms with Crippen LogP contribution in [0.1, 0.15) is 25.5 Å². The van der Waals surface area contributed by atoms with Crippen LogP contribution in [0.25, 0.3) is 0 Å². The smallest absolute Gasteiger partial charge is 0.142 e. The number of rotatable bonds is 6. The van der Waals surface area contributed by atoms with Gasteiger partial charge in [-0.15, -0.1) is 0 Å². The zero-order valence-electron chi connectivity index (χ0n) is 12.5. The molecule has 0 bridgehead atoms. The van der Waals surface area contributed by atoms with Gasteiger partial charge in [-0.1, -0.05) is 34.1 Å². The fourth-order valence-corrected chi connectivity index (χ4v) is 2.59. The van der Waals surface area contributed by atoms with Gasteiger partial charge in [0.1, 0.15) is 11.5 Å². The van der Waals surface area contributed by atoms with Gasteiger partial charge >= 0.3 is 0 Å². The summed E-state index contributed by atoms with van der Waals surface area (Å²) in [5.41, 5.74) is 2.08. The molecule has 0 radical (unpaired) electrons. The lowest BCUT2D eigenvalue weighted by Crippen LogP contribution is -2.09. The lowest BCUT2D eigenvalue weighted by molar-refractivity contribution is 0.335. The highest BCUT2D eigenvalue weighted by Crippen LogP contribution is 2.33. The Balaban J connectivity index is 2.26. The molecule has 1 atom stereocenters. The van der Waals surface area contributed by atoms with Crippen molar-refractivity contribution in [1.29, 1.82) is 0 Å². The normalized spacial score (nSPS) is 11.8. The van der Waals surface area contributed by atoms with Crippen LogP contribution in [0.4, 0.5) is 5.69 Å². The minimum Gasteiger partial charge on any atom is -0.495 e. The van der Waals surface area contributed by atoms with Crippen molar-refractivity contribution in [2.45, 2.75) is 19.9 Å². The predicted octanol–water partition coefficient (Wildman–Crippen LogP) is 5.03. The van der Waals surface area contributed by atoms with E-state index in [0.29, 0.717) is 6.61 Å². The lowest BCUT2D eigenvalue weighted by atomic mass is 10.1. The average Bonchev–Trinajstić information content (AvgIpc) is 2.48. The van der Waals surface area contributed by atoms with Crippen molar-refractivity contribution in [2.24, 2.45) is 0 Å². The summed E-state index contributed by atoms with van der Waals surface area (Å²) in [5.74, 6) is 1.73. The Bertz CT molecular complexity index is 601. The highest BCUT2D eigenvalue weighted by atomic mass is 79.9. The van der Waals surface area contributed by atoms with E-state index >= 15 is 0 Å². The van der Waals surface area contributed by atoms with Crippen LogP contribution in [0, 0.1) is 0 Å². The summed E-state index contributed by atoms with van der Waals surface area (Å²) in [7, 11) is 1.67. The van der Waals surface area contributed by atoms with Crippen LogP contribution >= 0.6 is 15.9 Å². The molecule has 0 saturated heterocycles. The quantitative estimate of drug-likeness (QED) is 0.793. The van der Waals surface area contributed by atoms with Crippen molar-refractivity contribution in [3.63, 3.8) is 0 Å². The van der Waals surface area contributed by atoms with E-state index in [1.807, 2.05) is 43.3 Å². The summed E-state index contributed by atoms with van der Waals surface area (Å²) in [6.45, 7) is 4.76. The molecule has 4 heteroatoms. The molecule has 0 amide bonds. The van der Waals surface area contributed by atoms with E-state index in [2.05, 4.69) is 34.2 Å². The van der Waals surface area contributed by atoms with Crippen LogP contribution in [0.5, 0.6) is 11.5 Å². The second-order valence-electron chi connectivity index (χ2n) is 4.68. The van der Waals surface area contributed by atoms with Gasteiger partial charge in [0.2, 0.25) is 0 Å². The van der Waals surface area contributed by atoms with Gasteiger partial charge in [0.15, 0.2) is 0 Å². The first-order chi connectivity index (χ1) is 10.2. The van der Waals surface area contributed by atoms with Gasteiger partial charge < -0.3 is 14.8 Å². The van der Waals surface area contributed by atoms with E-state index < -0.39 is 0 Å². The molecule has 112 valence electrons. The molecular weight excluding hydrogens is 330 g/mol. The number of methoxy groups -OCH3 is 1. The van der Waals surface area contributed by atoms with Crippen molar-refractivity contribution in [3.8, 4) is 11.5 Å². The molecule has 2 rings (SSSR count). The number of para-hydroxylation sites is 1. The van der Waals surface area contributed by atoms with Gasteiger partial charge in [-0.3, -0.25) is 0 Å². The van der Waals surface area contributed by atoms with Crippen molar-refractivity contribution in [3.05, 3.63) is 52.5 Å². The minimum absolute atomic E-state index is 0.107. The summed E-state index contributed by atoms with van der Waals surface area (Å²) in [5, 5.41) is 3.48. The molecule has 21 heavy (non-hydrogen) atoms. The maximum atomic E-state index is 5.70. The molecule has 0 spiro atoms. The van der Waals surface area contributed by atoms with Gasteiger partial charge in [0, 0.05) is 10.0 Å². The zero-order chi connectivity index (χ0) is 15.2. The molecule has 0 heterocycles. The molecule has 0 aromatic heterocycles. The second kappa shape index (κ2) is 7.36. The highest BCUT2D eigenvalue weighted by molar-refractivity contribution is 9.10. The van der Waals surface area contributed by atoms with Crippen LogP contribution in [0.2, 0.25) is 0 Å². The Labute approximate surface area is 134 Å². The first kappa shape index (κ1) is 15.7. The number of halogens is 1. The summed E-state index contributed by atoms with van der Waals surface area (Å²) in [6.07, 6.45) is 0. The van der Waals surface area contributed by atoms with Crippen LogP contribution < -0.4 is 14.8 Å². The molecule has 0 aliphatic heterocycles. The fraction of sp³-hybridized carbons (Fsp3) is 0.294. The van der Waals surface area contributed by atoms with E-state index in [9.17, 15) is 0 Å². The third-order valence-corrected chi connectivity index (χ3v) is 3.71. The van der Waals surface area contributed by atoms with Crippen LogP contribution in [0.15, 0.2) is 46.9 Å². The number of benzene rings is 2. The van der Waals surface area contributed by atoms with Crippen LogP contribution in [0.3, 0.4) is 0 Å². The predicted molar refractivity (Wildman–Crippen MR) is 90.3 cm³/mol. The third kappa shape index (κ3) is 3.91. The van der Waals surface area contributed by atoms with Gasteiger partial charge in [0.05, 0.1) is 25.4 Å². The highest BCUT2D eigenvalue weighted by Gasteiger charge is 2.13.